The van der Waals surface area contributed by atoms with E-state index < -0.39 is 0 Å². The molecule has 1 aliphatic carbocycles. The second kappa shape index (κ2) is 6.44. The van der Waals surface area contributed by atoms with Crippen molar-refractivity contribution in [3.05, 3.63) is 24.0 Å². The maximum Gasteiger partial charge on any atom is 0.255 e. The third-order valence-corrected chi connectivity index (χ3v) is 3.46. The quantitative estimate of drug-likeness (QED) is 0.850. The lowest BCUT2D eigenvalue weighted by Gasteiger charge is -2.28. The van der Waals surface area contributed by atoms with Crippen LogP contribution in [0.5, 0.6) is 0 Å². The monoisotopic (exact) mass is 248 g/mol. The third-order valence-electron chi connectivity index (χ3n) is 3.46. The molecule has 1 fully saturated rings. The summed E-state index contributed by atoms with van der Waals surface area (Å²) < 4.78 is 0. The van der Waals surface area contributed by atoms with E-state index in [0.29, 0.717) is 18.2 Å². The van der Waals surface area contributed by atoms with Gasteiger partial charge in [-0.25, -0.2) is 0 Å². The summed E-state index contributed by atoms with van der Waals surface area (Å²) in [5.41, 5.74) is 6.17. The normalized spacial score (nSPS) is 15.8. The Hall–Kier alpha value is -1.49. The van der Waals surface area contributed by atoms with Crippen molar-refractivity contribution in [3.8, 4) is 0 Å². The predicted octanol–water partition coefficient (Wildman–Crippen LogP) is 1.21. The fourth-order valence-electron chi connectivity index (χ4n) is 2.51. The number of hydrogen-bond donors (Lipinski definition) is 1. The summed E-state index contributed by atoms with van der Waals surface area (Å²) in [4.78, 5) is 14.4. The van der Waals surface area contributed by atoms with Gasteiger partial charge in [0.1, 0.15) is 0 Å². The second-order valence-electron chi connectivity index (χ2n) is 4.71. The molecule has 1 amide bonds. The Kier molecular flexibility index (Phi) is 4.64. The van der Waals surface area contributed by atoms with Crippen molar-refractivity contribution in [2.45, 2.75) is 38.1 Å². The number of hydrogen-bond acceptors (Lipinski definition) is 4. The van der Waals surface area contributed by atoms with Gasteiger partial charge in [-0.1, -0.05) is 12.8 Å². The smallest absolute Gasteiger partial charge is 0.255 e. The number of amides is 1. The number of carbonyl (C=O) groups excluding carboxylic acids is 1. The van der Waals surface area contributed by atoms with Gasteiger partial charge in [0.25, 0.3) is 5.91 Å². The van der Waals surface area contributed by atoms with Gasteiger partial charge in [0, 0.05) is 12.6 Å². The van der Waals surface area contributed by atoms with E-state index in [1.54, 1.807) is 12.3 Å². The van der Waals surface area contributed by atoms with Crippen LogP contribution in [0.3, 0.4) is 0 Å². The number of nitrogens with zero attached hydrogens (tertiary/aromatic N) is 3. The van der Waals surface area contributed by atoms with Crippen molar-refractivity contribution in [3.63, 3.8) is 0 Å². The molecule has 0 bridgehead atoms. The summed E-state index contributed by atoms with van der Waals surface area (Å²) in [6.45, 7) is 1.35. The third kappa shape index (κ3) is 3.04. The molecule has 0 atom stereocenters. The summed E-state index contributed by atoms with van der Waals surface area (Å²) in [5, 5.41) is 7.48. The van der Waals surface area contributed by atoms with Crippen molar-refractivity contribution in [1.29, 1.82) is 0 Å². The topological polar surface area (TPSA) is 72.1 Å². The molecule has 1 aliphatic rings. The van der Waals surface area contributed by atoms with Gasteiger partial charge in [-0.2, -0.15) is 10.2 Å². The first kappa shape index (κ1) is 13.0. The van der Waals surface area contributed by atoms with Gasteiger partial charge in [0.2, 0.25) is 0 Å². The maximum atomic E-state index is 12.5. The zero-order chi connectivity index (χ0) is 12.8. The molecule has 2 rings (SSSR count). The molecule has 18 heavy (non-hydrogen) atoms. The van der Waals surface area contributed by atoms with Gasteiger partial charge in [-0.3, -0.25) is 4.79 Å². The van der Waals surface area contributed by atoms with Gasteiger partial charge in [0.15, 0.2) is 0 Å². The van der Waals surface area contributed by atoms with Crippen molar-refractivity contribution >= 4 is 5.91 Å². The highest BCUT2D eigenvalue weighted by atomic mass is 16.2. The molecule has 5 heteroatoms. The minimum atomic E-state index is 0.0604. The predicted molar refractivity (Wildman–Crippen MR) is 69.0 cm³/mol. The highest BCUT2D eigenvalue weighted by Crippen LogP contribution is 2.24. The molecule has 0 spiro atoms. The van der Waals surface area contributed by atoms with E-state index in [4.69, 9.17) is 5.73 Å². The van der Waals surface area contributed by atoms with Crippen molar-refractivity contribution in [2.75, 3.05) is 13.1 Å². The van der Waals surface area contributed by atoms with Crippen LogP contribution in [-0.4, -0.2) is 40.1 Å². The Bertz CT molecular complexity index is 376. The van der Waals surface area contributed by atoms with Gasteiger partial charge >= 0.3 is 0 Å². The van der Waals surface area contributed by atoms with Crippen LogP contribution in [-0.2, 0) is 0 Å². The van der Waals surface area contributed by atoms with Crippen molar-refractivity contribution in [1.82, 2.24) is 15.1 Å². The average molecular weight is 248 g/mol. The highest BCUT2D eigenvalue weighted by molar-refractivity contribution is 5.94. The van der Waals surface area contributed by atoms with E-state index in [9.17, 15) is 4.79 Å². The first-order chi connectivity index (χ1) is 8.83. The standard InChI is InChI=1S/C13H20N4O/c14-7-3-9-17(12-4-1-2-5-12)13(18)11-6-8-15-16-10-11/h6,8,10,12H,1-5,7,9,14H2. The fraction of sp³-hybridized carbons (Fsp3) is 0.615. The Labute approximate surface area is 107 Å². The van der Waals surface area contributed by atoms with Crippen molar-refractivity contribution in [2.24, 2.45) is 5.73 Å². The highest BCUT2D eigenvalue weighted by Gasteiger charge is 2.26. The number of nitrogens with two attached hydrogens (primary N) is 1. The van der Waals surface area contributed by atoms with E-state index in [1.807, 2.05) is 4.90 Å². The van der Waals surface area contributed by atoms with E-state index in [-0.39, 0.29) is 5.91 Å². The average Bonchev–Trinajstić information content (AvgIpc) is 2.94. The SMILES string of the molecule is NCCCN(C(=O)c1ccnnc1)C1CCCC1. The van der Waals surface area contributed by atoms with Gasteiger partial charge in [-0.05, 0) is 31.9 Å². The Morgan fingerprint density at radius 2 is 2.17 bits per heavy atom. The molecule has 1 aromatic heterocycles. The molecule has 0 unspecified atom stereocenters. The molecule has 0 saturated heterocycles. The molecule has 1 aromatic rings. The molecular weight excluding hydrogens is 228 g/mol. The molecule has 5 nitrogen and oxygen atoms in total. The van der Waals surface area contributed by atoms with E-state index in [2.05, 4.69) is 10.2 Å². The molecule has 0 aromatic carbocycles. The molecule has 2 N–H and O–H groups in total. The van der Waals surface area contributed by atoms with Gasteiger partial charge in [0.05, 0.1) is 18.0 Å². The van der Waals surface area contributed by atoms with Crippen LogP contribution >= 0.6 is 0 Å². The lowest BCUT2D eigenvalue weighted by atomic mass is 10.1. The minimum Gasteiger partial charge on any atom is -0.336 e. The zero-order valence-corrected chi connectivity index (χ0v) is 10.6. The zero-order valence-electron chi connectivity index (χ0n) is 10.6. The van der Waals surface area contributed by atoms with Crippen LogP contribution in [0.15, 0.2) is 18.5 Å². The van der Waals surface area contributed by atoms with Crippen LogP contribution in [0, 0.1) is 0 Å². The molecule has 0 radical (unpaired) electrons. The van der Waals surface area contributed by atoms with Gasteiger partial charge in [-0.15, -0.1) is 0 Å². The molecule has 1 heterocycles. The van der Waals surface area contributed by atoms with E-state index >= 15 is 0 Å². The van der Waals surface area contributed by atoms with Crippen molar-refractivity contribution < 1.29 is 4.79 Å². The first-order valence-corrected chi connectivity index (χ1v) is 6.60. The summed E-state index contributed by atoms with van der Waals surface area (Å²) >= 11 is 0. The Morgan fingerprint density at radius 3 is 2.78 bits per heavy atom. The lowest BCUT2D eigenvalue weighted by Crippen LogP contribution is -2.40. The van der Waals surface area contributed by atoms with Gasteiger partial charge < -0.3 is 10.6 Å². The molecule has 0 aliphatic heterocycles. The molecular formula is C13H20N4O. The molecule has 1 saturated carbocycles. The molecule has 98 valence electrons. The number of rotatable bonds is 5. The van der Waals surface area contributed by atoms with Crippen LogP contribution in [0.25, 0.3) is 0 Å². The summed E-state index contributed by atoms with van der Waals surface area (Å²) in [5.74, 6) is 0.0604. The summed E-state index contributed by atoms with van der Waals surface area (Å²) in [6, 6.07) is 2.09. The Morgan fingerprint density at radius 1 is 1.39 bits per heavy atom. The van der Waals surface area contributed by atoms with E-state index in [0.717, 1.165) is 25.8 Å². The van der Waals surface area contributed by atoms with Crippen LogP contribution in [0.1, 0.15) is 42.5 Å². The fourth-order valence-corrected chi connectivity index (χ4v) is 2.51. The minimum absolute atomic E-state index is 0.0604. The lowest BCUT2D eigenvalue weighted by molar-refractivity contribution is 0.0679. The first-order valence-electron chi connectivity index (χ1n) is 6.60. The number of carbonyl (C=O) groups is 1. The Balaban J connectivity index is 2.09. The maximum absolute atomic E-state index is 12.5. The second-order valence-corrected chi connectivity index (χ2v) is 4.71. The summed E-state index contributed by atoms with van der Waals surface area (Å²) in [6.07, 6.45) is 8.58. The number of aromatic nitrogens is 2. The van der Waals surface area contributed by atoms with Crippen LogP contribution in [0.2, 0.25) is 0 Å². The largest absolute Gasteiger partial charge is 0.336 e. The van der Waals surface area contributed by atoms with E-state index in [1.165, 1.54) is 19.0 Å². The van der Waals surface area contributed by atoms with Crippen LogP contribution < -0.4 is 5.73 Å². The van der Waals surface area contributed by atoms with Crippen LogP contribution in [0.4, 0.5) is 0 Å². The summed E-state index contributed by atoms with van der Waals surface area (Å²) in [7, 11) is 0.